The first kappa shape index (κ1) is 13.6. The van der Waals surface area contributed by atoms with E-state index in [4.69, 9.17) is 23.2 Å². The molecular formula is C14H8Cl2NO2-. The zero-order valence-corrected chi connectivity index (χ0v) is 11.2. The Morgan fingerprint density at radius 1 is 0.895 bits per heavy atom. The first-order valence-electron chi connectivity index (χ1n) is 5.36. The van der Waals surface area contributed by atoms with Crippen LogP contribution in [0.3, 0.4) is 0 Å². The summed E-state index contributed by atoms with van der Waals surface area (Å²) in [5.74, 6) is 0. The molecule has 0 heterocycles. The molecule has 0 unspecified atom stereocenters. The van der Waals surface area contributed by atoms with Gasteiger partial charge in [0.2, 0.25) is 0 Å². The van der Waals surface area contributed by atoms with Crippen molar-refractivity contribution in [2.45, 2.75) is 0 Å². The molecule has 0 saturated carbocycles. The molecule has 0 saturated heterocycles. The highest BCUT2D eigenvalue weighted by atomic mass is 35.5. The molecule has 2 rings (SSSR count). The zero-order valence-electron chi connectivity index (χ0n) is 9.64. The third-order valence-corrected chi connectivity index (χ3v) is 2.97. The number of hydrogen-bond acceptors (Lipinski definition) is 2. The van der Waals surface area contributed by atoms with Crippen molar-refractivity contribution in [1.29, 1.82) is 0 Å². The highest BCUT2D eigenvalue weighted by Gasteiger charge is 2.00. The molecule has 96 valence electrons. The van der Waals surface area contributed by atoms with Gasteiger partial charge in [0.25, 0.3) is 0 Å². The van der Waals surface area contributed by atoms with E-state index in [0.29, 0.717) is 26.7 Å². The standard InChI is InChI=1S/C14H8Cl2NO2/c15-12-5-1-10(2-6-12)14(9-17(18)19)11-3-7-13(16)8-4-11/h1-8H/q-1. The lowest BCUT2D eigenvalue weighted by molar-refractivity contribution is -0.418. The average molecular weight is 293 g/mol. The maximum absolute atomic E-state index is 10.7. The summed E-state index contributed by atoms with van der Waals surface area (Å²) in [6, 6.07) is 13.5. The van der Waals surface area contributed by atoms with Crippen molar-refractivity contribution in [1.82, 2.24) is 0 Å². The molecule has 0 aliphatic carbocycles. The van der Waals surface area contributed by atoms with E-state index < -0.39 is 4.92 Å². The van der Waals surface area contributed by atoms with Crippen LogP contribution < -0.4 is 0 Å². The van der Waals surface area contributed by atoms with Crippen LogP contribution in [0.15, 0.2) is 48.5 Å². The van der Waals surface area contributed by atoms with Crippen LogP contribution in [0.1, 0.15) is 11.1 Å². The molecule has 0 aliphatic rings. The Kier molecular flexibility index (Phi) is 4.20. The van der Waals surface area contributed by atoms with Crippen LogP contribution >= 0.6 is 23.2 Å². The highest BCUT2D eigenvalue weighted by molar-refractivity contribution is 6.30. The lowest BCUT2D eigenvalue weighted by Gasteiger charge is -2.15. The summed E-state index contributed by atoms with van der Waals surface area (Å²) >= 11 is 11.6. The largest absolute Gasteiger partial charge is 0.271 e. The summed E-state index contributed by atoms with van der Waals surface area (Å²) in [6.45, 7) is 0. The lowest BCUT2D eigenvalue weighted by Crippen LogP contribution is -1.94. The topological polar surface area (TPSA) is 43.1 Å². The monoisotopic (exact) mass is 292 g/mol. The summed E-state index contributed by atoms with van der Waals surface area (Å²) in [4.78, 5) is 10.1. The SMILES string of the molecule is O=[N+]([O-])[C-]=C(c1ccc(Cl)cc1)c1ccc(Cl)cc1. The summed E-state index contributed by atoms with van der Waals surface area (Å²) in [7, 11) is 0. The molecular weight excluding hydrogens is 285 g/mol. The predicted octanol–water partition coefficient (Wildman–Crippen LogP) is 4.46. The summed E-state index contributed by atoms with van der Waals surface area (Å²) < 4.78 is 0. The van der Waals surface area contributed by atoms with Gasteiger partial charge in [0, 0.05) is 10.0 Å². The lowest BCUT2D eigenvalue weighted by atomic mass is 9.99. The minimum atomic E-state index is -0.599. The number of halogens is 2. The Bertz CT molecular complexity index is 571. The van der Waals surface area contributed by atoms with Gasteiger partial charge in [0.05, 0.1) is 0 Å². The van der Waals surface area contributed by atoms with Gasteiger partial charge in [0.1, 0.15) is 0 Å². The van der Waals surface area contributed by atoms with Crippen molar-refractivity contribution in [2.24, 2.45) is 0 Å². The molecule has 0 spiro atoms. The highest BCUT2D eigenvalue weighted by Crippen LogP contribution is 2.25. The Morgan fingerprint density at radius 3 is 1.58 bits per heavy atom. The number of nitro groups is 1. The van der Waals surface area contributed by atoms with Crippen LogP contribution in [0, 0.1) is 16.3 Å². The van der Waals surface area contributed by atoms with Gasteiger partial charge in [-0.25, -0.2) is 0 Å². The van der Waals surface area contributed by atoms with Crippen molar-refractivity contribution in [3.63, 3.8) is 0 Å². The fourth-order valence-electron chi connectivity index (χ4n) is 1.62. The maximum atomic E-state index is 10.7. The molecule has 3 nitrogen and oxygen atoms in total. The minimum absolute atomic E-state index is 0.387. The Labute approximate surface area is 120 Å². The van der Waals surface area contributed by atoms with Gasteiger partial charge in [0.15, 0.2) is 6.20 Å². The normalized spacial score (nSPS) is 10.0. The molecule has 19 heavy (non-hydrogen) atoms. The number of hydrogen-bond donors (Lipinski definition) is 0. The van der Waals surface area contributed by atoms with E-state index in [2.05, 4.69) is 6.20 Å². The molecule has 0 atom stereocenters. The third-order valence-electron chi connectivity index (χ3n) is 2.47. The molecule has 0 N–H and O–H groups in total. The van der Waals surface area contributed by atoms with Crippen molar-refractivity contribution >= 4 is 28.8 Å². The Balaban J connectivity index is 2.50. The van der Waals surface area contributed by atoms with Crippen molar-refractivity contribution < 1.29 is 4.92 Å². The molecule has 0 aromatic heterocycles. The van der Waals surface area contributed by atoms with Gasteiger partial charge in [-0.05, 0) is 4.92 Å². The summed E-state index contributed by atoms with van der Waals surface area (Å²) in [5.41, 5.74) is 1.73. The van der Waals surface area contributed by atoms with Gasteiger partial charge >= 0.3 is 0 Å². The van der Waals surface area contributed by atoms with Crippen LogP contribution in [0.4, 0.5) is 0 Å². The smallest absolute Gasteiger partial charge is 0.193 e. The van der Waals surface area contributed by atoms with E-state index in [1.165, 1.54) is 0 Å². The van der Waals surface area contributed by atoms with Crippen LogP contribution in [-0.4, -0.2) is 4.92 Å². The van der Waals surface area contributed by atoms with Crippen molar-refractivity contribution in [3.05, 3.63) is 86.0 Å². The first-order chi connectivity index (χ1) is 9.06. The fourth-order valence-corrected chi connectivity index (χ4v) is 1.87. The average Bonchev–Trinajstić information content (AvgIpc) is 2.38. The number of nitrogens with zero attached hydrogens (tertiary/aromatic N) is 1. The van der Waals surface area contributed by atoms with Gasteiger partial charge in [-0.3, -0.25) is 10.1 Å². The summed E-state index contributed by atoms with van der Waals surface area (Å²) in [6.07, 6.45) is 2.20. The molecule has 0 fully saturated rings. The minimum Gasteiger partial charge on any atom is -0.271 e. The quantitative estimate of drug-likeness (QED) is 0.363. The molecule has 0 aliphatic heterocycles. The molecule has 0 bridgehead atoms. The Morgan fingerprint density at radius 2 is 1.26 bits per heavy atom. The molecule has 2 aromatic rings. The molecule has 5 heteroatoms. The number of benzene rings is 2. The predicted molar refractivity (Wildman–Crippen MR) is 75.7 cm³/mol. The zero-order chi connectivity index (χ0) is 13.8. The van der Waals surface area contributed by atoms with E-state index in [0.717, 1.165) is 0 Å². The first-order valence-corrected chi connectivity index (χ1v) is 6.12. The van der Waals surface area contributed by atoms with E-state index in [1.807, 2.05) is 0 Å². The van der Waals surface area contributed by atoms with Crippen LogP contribution in [-0.2, 0) is 0 Å². The van der Waals surface area contributed by atoms with E-state index in [-0.39, 0.29) is 0 Å². The summed E-state index contributed by atoms with van der Waals surface area (Å²) in [5, 5.41) is 11.9. The van der Waals surface area contributed by atoms with Gasteiger partial charge in [-0.2, -0.15) is 0 Å². The van der Waals surface area contributed by atoms with E-state index in [9.17, 15) is 10.1 Å². The molecule has 0 radical (unpaired) electrons. The van der Waals surface area contributed by atoms with Gasteiger partial charge in [-0.1, -0.05) is 47.5 Å². The second kappa shape index (κ2) is 5.87. The molecule has 0 amide bonds. The van der Waals surface area contributed by atoms with Crippen molar-refractivity contribution in [2.75, 3.05) is 0 Å². The van der Waals surface area contributed by atoms with Gasteiger partial charge in [-0.15, -0.1) is 41.0 Å². The van der Waals surface area contributed by atoms with Crippen LogP contribution in [0.5, 0.6) is 0 Å². The van der Waals surface area contributed by atoms with E-state index >= 15 is 0 Å². The van der Waals surface area contributed by atoms with Crippen LogP contribution in [0.25, 0.3) is 5.57 Å². The van der Waals surface area contributed by atoms with Crippen LogP contribution in [0.2, 0.25) is 10.0 Å². The second-order valence-corrected chi connectivity index (χ2v) is 4.63. The second-order valence-electron chi connectivity index (χ2n) is 3.76. The third kappa shape index (κ3) is 3.56. The molecule has 2 aromatic carbocycles. The van der Waals surface area contributed by atoms with Gasteiger partial charge < -0.3 is 0 Å². The van der Waals surface area contributed by atoms with Crippen molar-refractivity contribution in [3.8, 4) is 0 Å². The number of rotatable bonds is 3. The fraction of sp³-hybridized carbons (Fsp3) is 0. The maximum Gasteiger partial charge on any atom is 0.193 e. The van der Waals surface area contributed by atoms with E-state index in [1.54, 1.807) is 48.5 Å². The Hall–Kier alpha value is -1.84.